The van der Waals surface area contributed by atoms with E-state index in [9.17, 15) is 28.1 Å². The number of nitrogens with zero attached hydrogens (tertiary/aromatic N) is 4. The summed E-state index contributed by atoms with van der Waals surface area (Å²) < 4.78 is 24.5. The normalized spacial score (nSPS) is 18.5. The van der Waals surface area contributed by atoms with Gasteiger partial charge in [0, 0.05) is 24.7 Å². The average molecular weight is 394 g/mol. The third kappa shape index (κ3) is 3.82. The minimum absolute atomic E-state index is 0.0533. The van der Waals surface area contributed by atoms with Gasteiger partial charge in [0.1, 0.15) is 6.54 Å². The predicted octanol–water partition coefficient (Wildman–Crippen LogP) is 0.340. The van der Waals surface area contributed by atoms with Gasteiger partial charge >= 0.3 is 0 Å². The fraction of sp³-hybridized carbons (Fsp3) is 0.438. The second kappa shape index (κ2) is 7.06. The van der Waals surface area contributed by atoms with Crippen LogP contribution in [-0.2, 0) is 21.2 Å². The Bertz CT molecular complexity index is 1080. The number of sulfone groups is 1. The van der Waals surface area contributed by atoms with Crippen molar-refractivity contribution in [3.05, 3.63) is 45.0 Å². The van der Waals surface area contributed by atoms with Crippen LogP contribution in [0.15, 0.2) is 29.3 Å². The highest BCUT2D eigenvalue weighted by molar-refractivity contribution is 7.91. The zero-order chi connectivity index (χ0) is 19.8. The summed E-state index contributed by atoms with van der Waals surface area (Å²) in [5, 5.41) is 11.0. The highest BCUT2D eigenvalue weighted by Gasteiger charge is 2.33. The lowest BCUT2D eigenvalue weighted by Crippen LogP contribution is -2.43. The Morgan fingerprint density at radius 3 is 2.78 bits per heavy atom. The number of aromatic nitrogens is 2. The van der Waals surface area contributed by atoms with Crippen LogP contribution < -0.4 is 5.56 Å². The van der Waals surface area contributed by atoms with Gasteiger partial charge in [-0.2, -0.15) is 0 Å². The largest absolute Gasteiger partial charge is 0.337 e. The van der Waals surface area contributed by atoms with E-state index >= 15 is 0 Å². The molecule has 0 bridgehead atoms. The lowest BCUT2D eigenvalue weighted by Gasteiger charge is -2.27. The molecule has 1 fully saturated rings. The zero-order valence-electron chi connectivity index (χ0n) is 14.6. The lowest BCUT2D eigenvalue weighted by atomic mass is 10.2. The second-order valence-corrected chi connectivity index (χ2v) is 8.60. The Morgan fingerprint density at radius 2 is 2.19 bits per heavy atom. The number of fused-ring (bicyclic) bond motifs is 1. The maximum absolute atomic E-state index is 12.6. The molecule has 0 saturated carbocycles. The number of nitro benzene ring substituents is 1. The molecular formula is C16H18N4O6S. The van der Waals surface area contributed by atoms with Crippen LogP contribution in [0.5, 0.6) is 0 Å². The van der Waals surface area contributed by atoms with Gasteiger partial charge in [-0.1, -0.05) is 0 Å². The summed E-state index contributed by atoms with van der Waals surface area (Å²) in [5.41, 5.74) is -0.492. The van der Waals surface area contributed by atoms with E-state index in [0.717, 1.165) is 4.57 Å². The van der Waals surface area contributed by atoms with E-state index in [0.29, 0.717) is 13.0 Å². The van der Waals surface area contributed by atoms with Crippen molar-refractivity contribution in [3.63, 3.8) is 0 Å². The fourth-order valence-corrected chi connectivity index (χ4v) is 5.00. The van der Waals surface area contributed by atoms with E-state index in [2.05, 4.69) is 4.98 Å². The number of nitro groups is 1. The number of hydrogen-bond acceptors (Lipinski definition) is 7. The minimum atomic E-state index is -3.13. The predicted molar refractivity (Wildman–Crippen MR) is 97.1 cm³/mol. The molecule has 0 aliphatic carbocycles. The summed E-state index contributed by atoms with van der Waals surface area (Å²) in [5.74, 6) is -0.386. The molecule has 144 valence electrons. The number of amides is 1. The highest BCUT2D eigenvalue weighted by atomic mass is 32.2. The lowest BCUT2D eigenvalue weighted by molar-refractivity contribution is -0.384. The highest BCUT2D eigenvalue weighted by Crippen LogP contribution is 2.19. The molecule has 0 spiro atoms. The van der Waals surface area contributed by atoms with Gasteiger partial charge in [0.05, 0.1) is 33.7 Å². The van der Waals surface area contributed by atoms with E-state index < -0.39 is 20.3 Å². The van der Waals surface area contributed by atoms with Gasteiger partial charge in [-0.3, -0.25) is 24.3 Å². The Labute approximate surface area is 154 Å². The van der Waals surface area contributed by atoms with Crippen molar-refractivity contribution in [1.29, 1.82) is 0 Å². The molecule has 0 radical (unpaired) electrons. The first-order valence-electron chi connectivity index (χ1n) is 8.35. The standard InChI is InChI=1S/C16H18N4O6S/c1-2-19(12-5-6-27(25,26)9-12)15(21)8-18-10-17-14-7-11(20(23)24)3-4-13(14)16(18)22/h3-4,7,10,12H,2,5-6,8-9H2,1H3/t12-/m0/s1. The van der Waals surface area contributed by atoms with Gasteiger partial charge in [-0.15, -0.1) is 0 Å². The number of carbonyl (C=O) groups excluding carboxylic acids is 1. The van der Waals surface area contributed by atoms with Crippen LogP contribution in [-0.4, -0.2) is 57.8 Å². The van der Waals surface area contributed by atoms with Gasteiger partial charge in [0.15, 0.2) is 9.84 Å². The Hall–Kier alpha value is -2.82. The van der Waals surface area contributed by atoms with Crippen molar-refractivity contribution in [2.24, 2.45) is 0 Å². The van der Waals surface area contributed by atoms with E-state index in [1.54, 1.807) is 6.92 Å². The van der Waals surface area contributed by atoms with E-state index in [4.69, 9.17) is 0 Å². The van der Waals surface area contributed by atoms with Crippen LogP contribution >= 0.6 is 0 Å². The van der Waals surface area contributed by atoms with E-state index in [1.165, 1.54) is 29.4 Å². The summed E-state index contributed by atoms with van der Waals surface area (Å²) in [6.07, 6.45) is 1.56. The van der Waals surface area contributed by atoms with Crippen molar-refractivity contribution in [2.45, 2.75) is 25.9 Å². The first kappa shape index (κ1) is 19.0. The van der Waals surface area contributed by atoms with E-state index in [-0.39, 0.29) is 46.6 Å². The van der Waals surface area contributed by atoms with Crippen molar-refractivity contribution in [1.82, 2.24) is 14.5 Å². The number of benzene rings is 1. The van der Waals surface area contributed by atoms with E-state index in [1.807, 2.05) is 0 Å². The van der Waals surface area contributed by atoms with Crippen LogP contribution in [0.2, 0.25) is 0 Å². The molecule has 1 aliphatic rings. The van der Waals surface area contributed by atoms with Crippen molar-refractivity contribution in [3.8, 4) is 0 Å². The molecule has 27 heavy (non-hydrogen) atoms. The van der Waals surface area contributed by atoms with Gasteiger partial charge in [-0.05, 0) is 19.4 Å². The molecule has 2 aromatic rings. The topological polar surface area (TPSA) is 132 Å². The van der Waals surface area contributed by atoms with Crippen LogP contribution in [0, 0.1) is 10.1 Å². The van der Waals surface area contributed by atoms with Gasteiger partial charge in [0.25, 0.3) is 11.2 Å². The van der Waals surface area contributed by atoms with Crippen LogP contribution in [0.25, 0.3) is 10.9 Å². The maximum atomic E-state index is 12.6. The zero-order valence-corrected chi connectivity index (χ0v) is 15.4. The molecule has 10 nitrogen and oxygen atoms in total. The molecule has 1 aliphatic heterocycles. The second-order valence-electron chi connectivity index (χ2n) is 6.37. The van der Waals surface area contributed by atoms with Crippen LogP contribution in [0.4, 0.5) is 5.69 Å². The van der Waals surface area contributed by atoms with Gasteiger partial charge < -0.3 is 4.90 Å². The Balaban J connectivity index is 1.86. The summed E-state index contributed by atoms with van der Waals surface area (Å²) in [7, 11) is -3.13. The monoisotopic (exact) mass is 394 g/mol. The third-order valence-corrected chi connectivity index (χ3v) is 6.39. The number of likely N-dealkylation sites (N-methyl/N-ethyl adjacent to an activating group) is 1. The number of carbonyl (C=O) groups is 1. The Morgan fingerprint density at radius 1 is 1.44 bits per heavy atom. The summed E-state index contributed by atoms with van der Waals surface area (Å²) in [6, 6.07) is 3.33. The fourth-order valence-electron chi connectivity index (χ4n) is 3.27. The first-order chi connectivity index (χ1) is 12.7. The molecule has 1 amide bonds. The van der Waals surface area contributed by atoms with Crippen LogP contribution in [0.3, 0.4) is 0 Å². The molecule has 3 rings (SSSR count). The van der Waals surface area contributed by atoms with Crippen molar-refractivity contribution < 1.29 is 18.1 Å². The molecule has 1 atom stereocenters. The first-order valence-corrected chi connectivity index (χ1v) is 10.2. The van der Waals surface area contributed by atoms with Gasteiger partial charge in [0.2, 0.25) is 5.91 Å². The van der Waals surface area contributed by atoms with Crippen LogP contribution in [0.1, 0.15) is 13.3 Å². The molecule has 1 aromatic carbocycles. The molecule has 0 N–H and O–H groups in total. The average Bonchev–Trinajstić information content (AvgIpc) is 2.97. The number of hydrogen-bond donors (Lipinski definition) is 0. The smallest absolute Gasteiger partial charge is 0.271 e. The summed E-state index contributed by atoms with van der Waals surface area (Å²) in [6.45, 7) is 1.81. The van der Waals surface area contributed by atoms with Crippen molar-refractivity contribution >= 4 is 32.3 Å². The van der Waals surface area contributed by atoms with Gasteiger partial charge in [-0.25, -0.2) is 13.4 Å². The Kier molecular flexibility index (Phi) is 4.96. The minimum Gasteiger partial charge on any atom is -0.337 e. The molecule has 2 heterocycles. The number of rotatable bonds is 5. The molecule has 1 aromatic heterocycles. The molecule has 11 heteroatoms. The van der Waals surface area contributed by atoms with Crippen molar-refractivity contribution in [2.75, 3.05) is 18.1 Å². The molecule has 1 saturated heterocycles. The summed E-state index contributed by atoms with van der Waals surface area (Å²) >= 11 is 0. The summed E-state index contributed by atoms with van der Waals surface area (Å²) in [4.78, 5) is 40.9. The SMILES string of the molecule is CCN(C(=O)Cn1cnc2cc([N+](=O)[O-])ccc2c1=O)[C@H]1CCS(=O)(=O)C1. The number of non-ortho nitro benzene ring substituents is 1. The molecular weight excluding hydrogens is 376 g/mol. The maximum Gasteiger partial charge on any atom is 0.271 e. The third-order valence-electron chi connectivity index (χ3n) is 4.64. The molecule has 0 unspecified atom stereocenters. The quantitative estimate of drug-likeness (QED) is 0.527.